The zero-order valence-electron chi connectivity index (χ0n) is 13.9. The first-order valence-electron chi connectivity index (χ1n) is 7.40. The van der Waals surface area contributed by atoms with Gasteiger partial charge in [-0.1, -0.05) is 18.2 Å². The summed E-state index contributed by atoms with van der Waals surface area (Å²) < 4.78 is 31.2. The van der Waals surface area contributed by atoms with E-state index in [-0.39, 0.29) is 45.0 Å². The standard InChI is InChI=1S/C16H18N3O5S.BrH/c1-2-24-15(20)12-18-10-6-7-13(11-18)16(21)19(17)25(22,23)14-8-4-3-5-9-14;/h3-11H,2,12,17H2,1H3;1H/q+1;/p-1. The van der Waals surface area contributed by atoms with Gasteiger partial charge in [-0.15, -0.1) is 0 Å². The molecular formula is C16H18BrN3O5S. The zero-order chi connectivity index (χ0) is 18.4. The van der Waals surface area contributed by atoms with Crippen LogP contribution < -0.4 is 27.4 Å². The molecule has 0 saturated carbocycles. The molecule has 0 radical (unpaired) electrons. The number of hydrogen-bond acceptors (Lipinski definition) is 6. The summed E-state index contributed by atoms with van der Waals surface area (Å²) in [5.41, 5.74) is 0.0220. The lowest BCUT2D eigenvalue weighted by atomic mass is 10.3. The Labute approximate surface area is 162 Å². The highest BCUT2D eigenvalue weighted by molar-refractivity contribution is 7.89. The summed E-state index contributed by atoms with van der Waals surface area (Å²) in [4.78, 5) is 23.8. The first-order chi connectivity index (χ1) is 11.9. The molecule has 140 valence electrons. The van der Waals surface area contributed by atoms with Crippen LogP contribution in [0.15, 0.2) is 59.8 Å². The van der Waals surface area contributed by atoms with Crippen LogP contribution in [-0.2, 0) is 26.1 Å². The lowest BCUT2D eigenvalue weighted by Crippen LogP contribution is -3.00. The second-order valence-electron chi connectivity index (χ2n) is 4.99. The van der Waals surface area contributed by atoms with E-state index in [0.29, 0.717) is 0 Å². The number of hydrogen-bond donors (Lipinski definition) is 1. The molecule has 2 rings (SSSR count). The third-order valence-corrected chi connectivity index (χ3v) is 4.77. The molecule has 1 aromatic carbocycles. The van der Waals surface area contributed by atoms with Crippen LogP contribution in [0.1, 0.15) is 17.3 Å². The normalized spacial score (nSPS) is 10.5. The van der Waals surface area contributed by atoms with Gasteiger partial charge in [-0.3, -0.25) is 4.79 Å². The topological polar surface area (TPSA) is 111 Å². The van der Waals surface area contributed by atoms with Crippen molar-refractivity contribution < 1.29 is 44.3 Å². The van der Waals surface area contributed by atoms with E-state index in [1.165, 1.54) is 47.2 Å². The highest BCUT2D eigenvalue weighted by Gasteiger charge is 2.28. The number of pyridine rings is 1. The highest BCUT2D eigenvalue weighted by atomic mass is 79.9. The quantitative estimate of drug-likeness (QED) is 0.170. The van der Waals surface area contributed by atoms with Crippen molar-refractivity contribution in [3.8, 4) is 0 Å². The van der Waals surface area contributed by atoms with Gasteiger partial charge in [0.05, 0.1) is 11.5 Å². The average molecular weight is 444 g/mol. The van der Waals surface area contributed by atoms with E-state index in [9.17, 15) is 18.0 Å². The molecule has 0 aliphatic heterocycles. The number of esters is 1. The summed E-state index contributed by atoms with van der Waals surface area (Å²) in [6.07, 6.45) is 2.89. The van der Waals surface area contributed by atoms with Gasteiger partial charge < -0.3 is 21.7 Å². The summed E-state index contributed by atoms with van der Waals surface area (Å²) in [5, 5.41) is 0. The second kappa shape index (κ2) is 9.41. The number of ether oxygens (including phenoxy) is 1. The fourth-order valence-corrected chi connectivity index (χ4v) is 3.10. The van der Waals surface area contributed by atoms with Gasteiger partial charge in [0, 0.05) is 6.07 Å². The van der Waals surface area contributed by atoms with Crippen LogP contribution in [0.4, 0.5) is 0 Å². The fraction of sp³-hybridized carbons (Fsp3) is 0.188. The number of halogens is 1. The van der Waals surface area contributed by atoms with E-state index in [1.807, 2.05) is 0 Å². The van der Waals surface area contributed by atoms with E-state index in [0.717, 1.165) is 0 Å². The van der Waals surface area contributed by atoms with Crippen LogP contribution >= 0.6 is 0 Å². The Morgan fingerprint density at radius 2 is 1.81 bits per heavy atom. The van der Waals surface area contributed by atoms with Crippen molar-refractivity contribution in [1.82, 2.24) is 4.41 Å². The predicted molar refractivity (Wildman–Crippen MR) is 87.3 cm³/mol. The van der Waals surface area contributed by atoms with Crippen molar-refractivity contribution >= 4 is 21.9 Å². The maximum Gasteiger partial charge on any atom is 0.372 e. The predicted octanol–water partition coefficient (Wildman–Crippen LogP) is -2.75. The number of rotatable bonds is 6. The molecule has 0 bridgehead atoms. The van der Waals surface area contributed by atoms with Crippen molar-refractivity contribution in [1.29, 1.82) is 0 Å². The van der Waals surface area contributed by atoms with Crippen LogP contribution in [0, 0.1) is 0 Å². The van der Waals surface area contributed by atoms with Gasteiger partial charge in [0.15, 0.2) is 12.4 Å². The smallest absolute Gasteiger partial charge is 0.372 e. The van der Waals surface area contributed by atoms with E-state index in [1.54, 1.807) is 19.2 Å². The number of carbonyl (C=O) groups is 2. The van der Waals surface area contributed by atoms with Crippen molar-refractivity contribution in [2.24, 2.45) is 5.84 Å². The molecule has 1 aromatic heterocycles. The first kappa shape index (κ1) is 21.7. The van der Waals surface area contributed by atoms with Crippen LogP contribution in [0.5, 0.6) is 0 Å². The maximum atomic E-state index is 12.4. The minimum atomic E-state index is -4.17. The van der Waals surface area contributed by atoms with E-state index in [2.05, 4.69) is 0 Å². The lowest BCUT2D eigenvalue weighted by Gasteiger charge is -2.16. The van der Waals surface area contributed by atoms with Gasteiger partial charge in [-0.05, 0) is 25.1 Å². The van der Waals surface area contributed by atoms with E-state index >= 15 is 0 Å². The van der Waals surface area contributed by atoms with Gasteiger partial charge in [0.2, 0.25) is 6.54 Å². The van der Waals surface area contributed by atoms with Gasteiger partial charge in [-0.2, -0.15) is 17.4 Å². The number of nitrogens with two attached hydrogens (primary N) is 1. The first-order valence-corrected chi connectivity index (χ1v) is 8.84. The SMILES string of the molecule is CCOC(=O)C[n+]1cccc(C(=O)N(N)S(=O)(=O)c2ccccc2)c1.[Br-]. The summed E-state index contributed by atoms with van der Waals surface area (Å²) >= 11 is 0. The third-order valence-electron chi connectivity index (χ3n) is 3.22. The molecule has 0 fully saturated rings. The van der Waals surface area contributed by atoms with Crippen LogP contribution in [-0.4, -0.2) is 31.3 Å². The molecule has 2 N–H and O–H groups in total. The van der Waals surface area contributed by atoms with Crippen molar-refractivity contribution in [3.63, 3.8) is 0 Å². The number of aromatic nitrogens is 1. The van der Waals surface area contributed by atoms with Crippen LogP contribution in [0.2, 0.25) is 0 Å². The molecule has 0 atom stereocenters. The van der Waals surface area contributed by atoms with Crippen LogP contribution in [0.3, 0.4) is 0 Å². The van der Waals surface area contributed by atoms with E-state index in [4.69, 9.17) is 10.6 Å². The Bertz CT molecular complexity index is 874. The average Bonchev–Trinajstić information content (AvgIpc) is 2.61. The molecule has 1 heterocycles. The molecule has 8 nitrogen and oxygen atoms in total. The van der Waals surface area contributed by atoms with Crippen molar-refractivity contribution in [2.45, 2.75) is 18.4 Å². The van der Waals surface area contributed by atoms with Crippen molar-refractivity contribution in [3.05, 3.63) is 60.4 Å². The van der Waals surface area contributed by atoms with Gasteiger partial charge in [-0.25, -0.2) is 10.6 Å². The summed E-state index contributed by atoms with van der Waals surface area (Å²) in [7, 11) is -4.17. The molecule has 1 amide bonds. The number of sulfonamides is 1. The largest absolute Gasteiger partial charge is 1.00 e. The third kappa shape index (κ3) is 5.10. The number of hydrazine groups is 1. The Hall–Kier alpha value is -2.30. The highest BCUT2D eigenvalue weighted by Crippen LogP contribution is 2.14. The number of benzene rings is 1. The molecule has 10 heteroatoms. The Morgan fingerprint density at radius 3 is 2.42 bits per heavy atom. The zero-order valence-corrected chi connectivity index (χ0v) is 16.3. The Balaban J connectivity index is 0.00000338. The van der Waals surface area contributed by atoms with Gasteiger partial charge in [0.1, 0.15) is 5.56 Å². The summed E-state index contributed by atoms with van der Waals surface area (Å²) in [6, 6.07) is 10.3. The minimum absolute atomic E-state index is 0. The maximum absolute atomic E-state index is 12.4. The molecule has 0 unspecified atom stereocenters. The summed E-state index contributed by atoms with van der Waals surface area (Å²) in [5.74, 6) is 4.16. The molecule has 26 heavy (non-hydrogen) atoms. The van der Waals surface area contributed by atoms with E-state index < -0.39 is 21.9 Å². The number of nitrogens with zero attached hydrogens (tertiary/aromatic N) is 2. The summed E-state index contributed by atoms with van der Waals surface area (Å²) in [6.45, 7) is 1.82. The molecule has 0 saturated heterocycles. The van der Waals surface area contributed by atoms with Crippen molar-refractivity contribution in [2.75, 3.05) is 6.61 Å². The second-order valence-corrected chi connectivity index (χ2v) is 6.80. The fourth-order valence-electron chi connectivity index (χ4n) is 2.04. The Morgan fingerprint density at radius 1 is 1.15 bits per heavy atom. The lowest BCUT2D eigenvalue weighted by molar-refractivity contribution is -0.686. The monoisotopic (exact) mass is 443 g/mol. The number of amides is 1. The molecule has 2 aromatic rings. The molecular weight excluding hydrogens is 426 g/mol. The molecule has 0 spiro atoms. The molecule has 0 aliphatic rings. The number of carbonyl (C=O) groups excluding carboxylic acids is 2. The Kier molecular flexibility index (Phi) is 7.87. The van der Waals surface area contributed by atoms with Gasteiger partial charge >= 0.3 is 5.97 Å². The molecule has 0 aliphatic carbocycles. The van der Waals surface area contributed by atoms with Gasteiger partial charge in [0.25, 0.3) is 15.9 Å². The van der Waals surface area contributed by atoms with Crippen LogP contribution in [0.25, 0.3) is 0 Å². The minimum Gasteiger partial charge on any atom is -1.00 e.